The molecule has 0 saturated carbocycles. The van der Waals surface area contributed by atoms with Crippen LogP contribution in [0, 0.1) is 11.8 Å². The third-order valence-electron chi connectivity index (χ3n) is 2.36. The summed E-state index contributed by atoms with van der Waals surface area (Å²) < 4.78 is 28.0. The zero-order chi connectivity index (χ0) is 14.1. The summed E-state index contributed by atoms with van der Waals surface area (Å²) in [5.74, 6) is 6.47. The van der Waals surface area contributed by atoms with Crippen molar-refractivity contribution in [3.8, 4) is 17.6 Å². The lowest BCUT2D eigenvalue weighted by Crippen LogP contribution is -2.11. The summed E-state index contributed by atoms with van der Waals surface area (Å²) in [6, 6.07) is 1.75. The van der Waals surface area contributed by atoms with E-state index >= 15 is 0 Å². The SMILES string of the molecule is CCS(=O)(=O)CCCOc1cncc(C#CCN)c1. The fourth-order valence-corrected chi connectivity index (χ4v) is 2.18. The molecule has 19 heavy (non-hydrogen) atoms. The molecule has 0 bridgehead atoms. The largest absolute Gasteiger partial charge is 0.492 e. The molecular formula is C13H18N2O3S. The van der Waals surface area contributed by atoms with Crippen LogP contribution in [0.5, 0.6) is 5.75 Å². The molecule has 0 aliphatic heterocycles. The second-order valence-electron chi connectivity index (χ2n) is 3.85. The van der Waals surface area contributed by atoms with Gasteiger partial charge in [-0.3, -0.25) is 4.98 Å². The first-order valence-electron chi connectivity index (χ1n) is 6.04. The third-order valence-corrected chi connectivity index (χ3v) is 4.15. The van der Waals surface area contributed by atoms with E-state index in [9.17, 15) is 8.42 Å². The van der Waals surface area contributed by atoms with E-state index < -0.39 is 9.84 Å². The third kappa shape index (κ3) is 6.22. The average Bonchev–Trinajstić information content (AvgIpc) is 2.42. The van der Waals surface area contributed by atoms with Crippen LogP contribution in [0.2, 0.25) is 0 Å². The van der Waals surface area contributed by atoms with Crippen molar-refractivity contribution in [1.82, 2.24) is 4.98 Å². The molecule has 1 aromatic heterocycles. The van der Waals surface area contributed by atoms with E-state index in [2.05, 4.69) is 16.8 Å². The maximum absolute atomic E-state index is 11.3. The molecule has 0 amide bonds. The molecule has 1 heterocycles. The molecular weight excluding hydrogens is 264 g/mol. The minimum Gasteiger partial charge on any atom is -0.492 e. The standard InChI is InChI=1S/C13H18N2O3S/c1-2-19(16,17)8-4-7-18-13-9-12(5-3-6-14)10-15-11-13/h9-11H,2,4,6-8,14H2,1H3. The lowest BCUT2D eigenvalue weighted by Gasteiger charge is -2.06. The second-order valence-corrected chi connectivity index (χ2v) is 6.33. The molecule has 0 unspecified atom stereocenters. The van der Waals surface area contributed by atoms with Gasteiger partial charge in [-0.1, -0.05) is 18.8 Å². The highest BCUT2D eigenvalue weighted by Gasteiger charge is 2.06. The number of sulfone groups is 1. The monoisotopic (exact) mass is 282 g/mol. The number of ether oxygens (including phenoxy) is 1. The van der Waals surface area contributed by atoms with Crippen molar-refractivity contribution in [1.29, 1.82) is 0 Å². The number of nitrogens with two attached hydrogens (primary N) is 1. The minimum atomic E-state index is -2.93. The summed E-state index contributed by atoms with van der Waals surface area (Å²) in [6.07, 6.45) is 3.66. The maximum atomic E-state index is 11.3. The molecule has 0 spiro atoms. The fourth-order valence-electron chi connectivity index (χ4n) is 1.33. The van der Waals surface area contributed by atoms with Gasteiger partial charge in [0, 0.05) is 17.5 Å². The highest BCUT2D eigenvalue weighted by Crippen LogP contribution is 2.10. The smallest absolute Gasteiger partial charge is 0.150 e. The predicted octanol–water partition coefficient (Wildman–Crippen LogP) is 0.595. The van der Waals surface area contributed by atoms with Gasteiger partial charge in [0.2, 0.25) is 0 Å². The van der Waals surface area contributed by atoms with Crippen LogP contribution in [-0.4, -0.2) is 38.1 Å². The lowest BCUT2D eigenvalue weighted by atomic mass is 10.3. The van der Waals surface area contributed by atoms with Crippen molar-refractivity contribution in [2.24, 2.45) is 5.73 Å². The molecule has 0 aromatic carbocycles. The molecule has 5 nitrogen and oxygen atoms in total. The Bertz CT molecular complexity index is 559. The predicted molar refractivity (Wildman–Crippen MR) is 74.6 cm³/mol. The first kappa shape index (κ1) is 15.5. The summed E-state index contributed by atoms with van der Waals surface area (Å²) in [7, 11) is -2.93. The summed E-state index contributed by atoms with van der Waals surface area (Å²) in [5, 5.41) is 0. The zero-order valence-corrected chi connectivity index (χ0v) is 11.7. The Hall–Kier alpha value is -1.58. The average molecular weight is 282 g/mol. The molecule has 0 radical (unpaired) electrons. The van der Waals surface area contributed by atoms with Crippen LogP contribution >= 0.6 is 0 Å². The summed E-state index contributed by atoms with van der Waals surface area (Å²) in [5.41, 5.74) is 6.01. The van der Waals surface area contributed by atoms with Crippen molar-refractivity contribution < 1.29 is 13.2 Å². The van der Waals surface area contributed by atoms with Gasteiger partial charge >= 0.3 is 0 Å². The van der Waals surface area contributed by atoms with Crippen molar-refractivity contribution in [2.45, 2.75) is 13.3 Å². The van der Waals surface area contributed by atoms with Crippen molar-refractivity contribution in [3.63, 3.8) is 0 Å². The Morgan fingerprint density at radius 3 is 2.89 bits per heavy atom. The first-order chi connectivity index (χ1) is 9.07. The van der Waals surface area contributed by atoms with Crippen LogP contribution in [0.25, 0.3) is 0 Å². The van der Waals surface area contributed by atoms with Crippen LogP contribution in [-0.2, 0) is 9.84 Å². The molecule has 1 aromatic rings. The fraction of sp³-hybridized carbons (Fsp3) is 0.462. The molecule has 0 saturated heterocycles. The maximum Gasteiger partial charge on any atom is 0.150 e. The Kier molecular flexibility index (Phi) is 6.33. The number of nitrogens with zero attached hydrogens (tertiary/aromatic N) is 1. The highest BCUT2D eigenvalue weighted by atomic mass is 32.2. The quantitative estimate of drug-likeness (QED) is 0.610. The van der Waals surface area contributed by atoms with Crippen LogP contribution < -0.4 is 10.5 Å². The van der Waals surface area contributed by atoms with Crippen molar-refractivity contribution in [3.05, 3.63) is 24.0 Å². The van der Waals surface area contributed by atoms with Crippen molar-refractivity contribution >= 4 is 9.84 Å². The minimum absolute atomic E-state index is 0.142. The number of hydrogen-bond acceptors (Lipinski definition) is 5. The summed E-state index contributed by atoms with van der Waals surface area (Å²) >= 11 is 0. The van der Waals surface area contributed by atoms with Crippen molar-refractivity contribution in [2.75, 3.05) is 24.7 Å². The number of pyridine rings is 1. The van der Waals surface area contributed by atoms with Gasteiger partial charge in [-0.2, -0.15) is 0 Å². The molecule has 1 rings (SSSR count). The van der Waals surface area contributed by atoms with E-state index in [-0.39, 0.29) is 11.5 Å². The molecule has 0 aliphatic carbocycles. The molecule has 104 valence electrons. The Labute approximate surface area is 114 Å². The molecule has 0 atom stereocenters. The Morgan fingerprint density at radius 1 is 1.42 bits per heavy atom. The molecule has 0 aliphatic rings. The topological polar surface area (TPSA) is 82.3 Å². The van der Waals surface area contributed by atoms with Gasteiger partial charge in [0.25, 0.3) is 0 Å². The Morgan fingerprint density at radius 2 is 2.21 bits per heavy atom. The van der Waals surface area contributed by atoms with Gasteiger partial charge in [-0.05, 0) is 12.5 Å². The second kappa shape index (κ2) is 7.77. The van der Waals surface area contributed by atoms with Gasteiger partial charge in [-0.15, -0.1) is 0 Å². The van der Waals surface area contributed by atoms with Gasteiger partial charge in [0.15, 0.2) is 0 Å². The molecule has 2 N–H and O–H groups in total. The van der Waals surface area contributed by atoms with E-state index in [1.807, 2.05) is 0 Å². The number of hydrogen-bond donors (Lipinski definition) is 1. The Balaban J connectivity index is 2.46. The summed E-state index contributed by atoms with van der Waals surface area (Å²) in [6.45, 7) is 2.27. The summed E-state index contributed by atoms with van der Waals surface area (Å²) in [4.78, 5) is 3.99. The van der Waals surface area contributed by atoms with Crippen LogP contribution in [0.15, 0.2) is 18.5 Å². The molecule has 6 heteroatoms. The first-order valence-corrected chi connectivity index (χ1v) is 7.86. The number of rotatable bonds is 6. The van der Waals surface area contributed by atoms with Gasteiger partial charge < -0.3 is 10.5 Å². The van der Waals surface area contributed by atoms with Gasteiger partial charge in [0.05, 0.1) is 25.1 Å². The van der Waals surface area contributed by atoms with Crippen LogP contribution in [0.4, 0.5) is 0 Å². The zero-order valence-electron chi connectivity index (χ0n) is 10.9. The number of aromatic nitrogens is 1. The highest BCUT2D eigenvalue weighted by molar-refractivity contribution is 7.91. The van der Waals surface area contributed by atoms with E-state index in [0.29, 0.717) is 25.3 Å². The van der Waals surface area contributed by atoms with Gasteiger partial charge in [0.1, 0.15) is 15.6 Å². The van der Waals surface area contributed by atoms with E-state index in [1.54, 1.807) is 25.4 Å². The van der Waals surface area contributed by atoms with E-state index in [0.717, 1.165) is 5.56 Å². The molecule has 0 fully saturated rings. The lowest BCUT2D eigenvalue weighted by molar-refractivity contribution is 0.316. The van der Waals surface area contributed by atoms with Gasteiger partial charge in [-0.25, -0.2) is 8.42 Å². The van der Waals surface area contributed by atoms with Crippen LogP contribution in [0.3, 0.4) is 0 Å². The normalized spacial score (nSPS) is 10.6. The van der Waals surface area contributed by atoms with E-state index in [4.69, 9.17) is 10.5 Å². The van der Waals surface area contributed by atoms with E-state index in [1.165, 1.54) is 0 Å². The van der Waals surface area contributed by atoms with Crippen LogP contribution in [0.1, 0.15) is 18.9 Å².